The number of nitrogens with one attached hydrogen (secondary N) is 2. The molecular formula is C16H32ClN3O3. The molecule has 1 atom stereocenters. The third kappa shape index (κ3) is 8.53. The van der Waals surface area contributed by atoms with Gasteiger partial charge in [0.25, 0.3) is 0 Å². The fourth-order valence-electron chi connectivity index (χ4n) is 2.67. The van der Waals surface area contributed by atoms with Crippen LogP contribution in [0.5, 0.6) is 0 Å². The normalized spacial score (nSPS) is 16.2. The minimum absolute atomic E-state index is 0. The molecule has 136 valence electrons. The first kappa shape index (κ1) is 22.1. The van der Waals surface area contributed by atoms with Crippen molar-refractivity contribution < 1.29 is 14.3 Å². The van der Waals surface area contributed by atoms with Crippen LogP contribution in [0.2, 0.25) is 0 Å². The first-order valence-corrected chi connectivity index (χ1v) is 8.33. The van der Waals surface area contributed by atoms with Crippen LogP contribution in [0.1, 0.15) is 39.5 Å². The predicted octanol–water partition coefficient (Wildman–Crippen LogP) is 1.19. The van der Waals surface area contributed by atoms with E-state index in [1.165, 1.54) is 0 Å². The highest BCUT2D eigenvalue weighted by Gasteiger charge is 2.31. The molecule has 23 heavy (non-hydrogen) atoms. The van der Waals surface area contributed by atoms with E-state index >= 15 is 0 Å². The van der Waals surface area contributed by atoms with Crippen molar-refractivity contribution >= 4 is 24.2 Å². The number of rotatable bonds is 10. The highest BCUT2D eigenvalue weighted by atomic mass is 35.5. The van der Waals surface area contributed by atoms with Crippen molar-refractivity contribution in [1.82, 2.24) is 15.5 Å². The zero-order valence-corrected chi connectivity index (χ0v) is 15.4. The van der Waals surface area contributed by atoms with Gasteiger partial charge >= 0.3 is 0 Å². The molecule has 0 spiro atoms. The van der Waals surface area contributed by atoms with Crippen LogP contribution >= 0.6 is 12.4 Å². The summed E-state index contributed by atoms with van der Waals surface area (Å²) in [5.41, 5.74) is 0. The van der Waals surface area contributed by atoms with Crippen LogP contribution in [0.4, 0.5) is 0 Å². The van der Waals surface area contributed by atoms with E-state index < -0.39 is 0 Å². The van der Waals surface area contributed by atoms with Gasteiger partial charge in [-0.15, -0.1) is 12.4 Å². The number of nitrogens with zero attached hydrogens (tertiary/aromatic N) is 1. The average molecular weight is 350 g/mol. The molecule has 0 radical (unpaired) electrons. The number of carbonyl (C=O) groups excluding carboxylic acids is 2. The van der Waals surface area contributed by atoms with Gasteiger partial charge in [-0.2, -0.15) is 0 Å². The maximum Gasteiger partial charge on any atom is 0.242 e. The Morgan fingerprint density at radius 2 is 2.00 bits per heavy atom. The van der Waals surface area contributed by atoms with Crippen molar-refractivity contribution in [3.05, 3.63) is 0 Å². The van der Waals surface area contributed by atoms with Gasteiger partial charge in [0.15, 0.2) is 0 Å². The van der Waals surface area contributed by atoms with Crippen LogP contribution in [0.25, 0.3) is 0 Å². The second-order valence-electron chi connectivity index (χ2n) is 6.22. The molecule has 1 saturated heterocycles. The Bertz CT molecular complexity index is 353. The Labute approximate surface area is 146 Å². The number of amides is 2. The van der Waals surface area contributed by atoms with Gasteiger partial charge in [-0.25, -0.2) is 0 Å². The van der Waals surface area contributed by atoms with E-state index in [-0.39, 0.29) is 30.3 Å². The molecule has 0 aliphatic carbocycles. The van der Waals surface area contributed by atoms with Crippen LogP contribution in [0, 0.1) is 5.92 Å². The van der Waals surface area contributed by atoms with Crippen LogP contribution in [-0.2, 0) is 14.3 Å². The van der Waals surface area contributed by atoms with E-state index in [2.05, 4.69) is 24.5 Å². The summed E-state index contributed by atoms with van der Waals surface area (Å²) >= 11 is 0. The topological polar surface area (TPSA) is 70.7 Å². The molecule has 2 N–H and O–H groups in total. The maximum absolute atomic E-state index is 12.5. The monoisotopic (exact) mass is 349 g/mol. The van der Waals surface area contributed by atoms with Gasteiger partial charge in [0.1, 0.15) is 6.04 Å². The van der Waals surface area contributed by atoms with Crippen molar-refractivity contribution in [2.75, 3.05) is 39.9 Å². The standard InChI is InChI=1S/C16H31N3O3.ClH/c1-13(2)12-14(19-10-5-4-6-15(19)20)16(21)18-8-7-17-9-11-22-3;/h13-14,17H,4-12H2,1-3H3,(H,18,21);1H. The summed E-state index contributed by atoms with van der Waals surface area (Å²) in [6, 6.07) is -0.327. The molecule has 0 saturated carbocycles. The molecular weight excluding hydrogens is 318 g/mol. The molecule has 0 aromatic rings. The molecule has 2 amide bonds. The van der Waals surface area contributed by atoms with Crippen molar-refractivity contribution in [2.24, 2.45) is 5.92 Å². The third-order valence-corrected chi connectivity index (χ3v) is 3.82. The summed E-state index contributed by atoms with van der Waals surface area (Å²) < 4.78 is 4.95. The molecule has 1 aliphatic heterocycles. The van der Waals surface area contributed by atoms with Gasteiger partial charge in [0.2, 0.25) is 11.8 Å². The summed E-state index contributed by atoms with van der Waals surface area (Å²) in [7, 11) is 1.66. The number of halogens is 1. The first-order chi connectivity index (χ1) is 10.6. The Morgan fingerprint density at radius 1 is 1.26 bits per heavy atom. The zero-order valence-electron chi connectivity index (χ0n) is 14.6. The number of methoxy groups -OCH3 is 1. The molecule has 0 aromatic carbocycles. The molecule has 1 fully saturated rings. The Kier molecular flexibility index (Phi) is 12.1. The molecule has 7 heteroatoms. The number of carbonyl (C=O) groups is 2. The van der Waals surface area contributed by atoms with Crippen molar-refractivity contribution in [1.29, 1.82) is 0 Å². The van der Waals surface area contributed by atoms with Crippen molar-refractivity contribution in [3.8, 4) is 0 Å². The van der Waals surface area contributed by atoms with E-state index in [4.69, 9.17) is 4.74 Å². The minimum Gasteiger partial charge on any atom is -0.383 e. The smallest absolute Gasteiger partial charge is 0.242 e. The number of piperidine rings is 1. The maximum atomic E-state index is 12.5. The third-order valence-electron chi connectivity index (χ3n) is 3.82. The summed E-state index contributed by atoms with van der Waals surface area (Å²) in [6.45, 7) is 7.58. The highest BCUT2D eigenvalue weighted by molar-refractivity contribution is 5.88. The molecule has 1 unspecified atom stereocenters. The van der Waals surface area contributed by atoms with Crippen LogP contribution < -0.4 is 10.6 Å². The number of likely N-dealkylation sites (tertiary alicyclic amines) is 1. The summed E-state index contributed by atoms with van der Waals surface area (Å²) in [4.78, 5) is 26.3. The number of hydrogen-bond donors (Lipinski definition) is 2. The van der Waals surface area contributed by atoms with Gasteiger partial charge in [-0.3, -0.25) is 9.59 Å². The molecule has 1 heterocycles. The van der Waals surface area contributed by atoms with Crippen LogP contribution in [-0.4, -0.2) is 62.7 Å². The van der Waals surface area contributed by atoms with Gasteiger partial charge in [-0.1, -0.05) is 13.8 Å². The lowest BCUT2D eigenvalue weighted by Gasteiger charge is -2.34. The Morgan fingerprint density at radius 3 is 2.61 bits per heavy atom. The van der Waals surface area contributed by atoms with Crippen LogP contribution in [0.3, 0.4) is 0 Å². The van der Waals surface area contributed by atoms with Crippen molar-refractivity contribution in [3.63, 3.8) is 0 Å². The molecule has 1 rings (SSSR count). The van der Waals surface area contributed by atoms with Gasteiger partial charge in [-0.05, 0) is 25.2 Å². The Hall–Kier alpha value is -0.850. The van der Waals surface area contributed by atoms with Gasteiger partial charge in [0.05, 0.1) is 6.61 Å². The van der Waals surface area contributed by atoms with E-state index in [1.54, 1.807) is 12.0 Å². The number of ether oxygens (including phenoxy) is 1. The van der Waals surface area contributed by atoms with Crippen molar-refractivity contribution in [2.45, 2.75) is 45.6 Å². The molecule has 6 nitrogen and oxygen atoms in total. The van der Waals surface area contributed by atoms with Gasteiger partial charge in [0, 0.05) is 39.7 Å². The second-order valence-corrected chi connectivity index (χ2v) is 6.22. The lowest BCUT2D eigenvalue weighted by Crippen LogP contribution is -2.52. The average Bonchev–Trinajstić information content (AvgIpc) is 2.49. The summed E-state index contributed by atoms with van der Waals surface area (Å²) in [5, 5.41) is 6.14. The minimum atomic E-state index is -0.327. The molecule has 0 aromatic heterocycles. The fraction of sp³-hybridized carbons (Fsp3) is 0.875. The Balaban J connectivity index is 0.00000484. The predicted molar refractivity (Wildman–Crippen MR) is 93.8 cm³/mol. The lowest BCUT2D eigenvalue weighted by atomic mass is 9.98. The highest BCUT2D eigenvalue weighted by Crippen LogP contribution is 2.19. The van der Waals surface area contributed by atoms with E-state index in [0.717, 1.165) is 19.4 Å². The summed E-state index contributed by atoms with van der Waals surface area (Å²) in [5.74, 6) is 0.466. The second kappa shape index (κ2) is 12.6. The zero-order chi connectivity index (χ0) is 16.4. The summed E-state index contributed by atoms with van der Waals surface area (Å²) in [6.07, 6.45) is 3.22. The SMILES string of the molecule is COCCNCCNC(=O)C(CC(C)C)N1CCCCC1=O.Cl. The fourth-order valence-corrected chi connectivity index (χ4v) is 2.67. The quantitative estimate of drug-likeness (QED) is 0.581. The molecule has 1 aliphatic rings. The molecule has 0 bridgehead atoms. The van der Waals surface area contributed by atoms with E-state index in [0.29, 0.717) is 45.0 Å². The lowest BCUT2D eigenvalue weighted by molar-refractivity contribution is -0.143. The number of hydrogen-bond acceptors (Lipinski definition) is 4. The first-order valence-electron chi connectivity index (χ1n) is 8.33. The van der Waals surface area contributed by atoms with Crippen LogP contribution in [0.15, 0.2) is 0 Å². The largest absolute Gasteiger partial charge is 0.383 e. The van der Waals surface area contributed by atoms with E-state index in [1.807, 2.05) is 0 Å². The van der Waals surface area contributed by atoms with Gasteiger partial charge < -0.3 is 20.3 Å². The van der Waals surface area contributed by atoms with E-state index in [9.17, 15) is 9.59 Å².